The molecule has 24 heavy (non-hydrogen) atoms. The Labute approximate surface area is 143 Å². The van der Waals surface area contributed by atoms with Crippen LogP contribution in [0, 0.1) is 0 Å². The molecule has 1 atom stereocenters. The molecule has 2 aromatic carbocycles. The van der Waals surface area contributed by atoms with Gasteiger partial charge in [-0.1, -0.05) is 59.2 Å². The largest absolute Gasteiger partial charge is 0.394 e. The van der Waals surface area contributed by atoms with Gasteiger partial charge in [0.15, 0.2) is 0 Å². The number of carbonyl (C=O) groups is 1. The predicted molar refractivity (Wildman–Crippen MR) is 90.7 cm³/mol. The maximum absolute atomic E-state index is 12.6. The molecule has 3 aromatic rings. The summed E-state index contributed by atoms with van der Waals surface area (Å²) in [4.78, 5) is 12.6. The zero-order valence-electron chi connectivity index (χ0n) is 12.6. The summed E-state index contributed by atoms with van der Waals surface area (Å²) in [6.07, 6.45) is 1.29. The molecule has 0 aliphatic carbocycles. The number of nitrogens with zero attached hydrogens (tertiary/aromatic N) is 1. The van der Waals surface area contributed by atoms with Gasteiger partial charge < -0.3 is 14.9 Å². The number of nitrogens with one attached hydrogen (secondary N) is 1. The zero-order chi connectivity index (χ0) is 16.9. The molecule has 0 aliphatic heterocycles. The van der Waals surface area contributed by atoms with E-state index < -0.39 is 6.04 Å². The van der Waals surface area contributed by atoms with Crippen LogP contribution in [0.5, 0.6) is 0 Å². The molecule has 0 saturated carbocycles. The highest BCUT2D eigenvalue weighted by molar-refractivity contribution is 6.30. The van der Waals surface area contributed by atoms with Crippen LogP contribution < -0.4 is 5.32 Å². The van der Waals surface area contributed by atoms with Gasteiger partial charge >= 0.3 is 0 Å². The number of benzene rings is 2. The molecule has 1 heterocycles. The summed E-state index contributed by atoms with van der Waals surface area (Å²) in [6, 6.07) is 15.7. The van der Waals surface area contributed by atoms with Crippen molar-refractivity contribution in [3.63, 3.8) is 0 Å². The average Bonchev–Trinajstić information content (AvgIpc) is 3.10. The van der Waals surface area contributed by atoms with Crippen LogP contribution in [0.25, 0.3) is 11.3 Å². The number of aromatic nitrogens is 1. The normalized spacial score (nSPS) is 11.9. The number of amides is 1. The Morgan fingerprint density at radius 3 is 2.54 bits per heavy atom. The van der Waals surface area contributed by atoms with Crippen molar-refractivity contribution in [1.82, 2.24) is 10.5 Å². The molecule has 0 radical (unpaired) electrons. The van der Waals surface area contributed by atoms with Gasteiger partial charge in [0.2, 0.25) is 0 Å². The minimum absolute atomic E-state index is 0.211. The molecular weight excluding hydrogens is 328 g/mol. The number of aliphatic hydroxyl groups is 1. The van der Waals surface area contributed by atoms with Gasteiger partial charge in [0.25, 0.3) is 5.91 Å². The summed E-state index contributed by atoms with van der Waals surface area (Å²) in [5, 5.41) is 16.9. The fourth-order valence-electron chi connectivity index (χ4n) is 2.37. The SMILES string of the molecule is O=C(N[C@H](CO)c1ccccc1)c1conc1-c1ccc(Cl)cc1. The standard InChI is InChI=1S/C18H15ClN2O3/c19-14-8-6-13(7-9-14)17-15(11-24-21-17)18(23)20-16(10-22)12-4-2-1-3-5-12/h1-9,11,16,22H,10H2,(H,20,23)/t16-/m1/s1. The fourth-order valence-corrected chi connectivity index (χ4v) is 2.50. The van der Waals surface area contributed by atoms with E-state index in [1.165, 1.54) is 6.26 Å². The van der Waals surface area contributed by atoms with E-state index in [-0.39, 0.29) is 12.5 Å². The van der Waals surface area contributed by atoms with Crippen molar-refractivity contribution in [3.8, 4) is 11.3 Å². The molecule has 1 amide bonds. The number of rotatable bonds is 5. The second-order valence-electron chi connectivity index (χ2n) is 5.20. The maximum atomic E-state index is 12.6. The second-order valence-corrected chi connectivity index (χ2v) is 5.64. The molecule has 2 N–H and O–H groups in total. The molecule has 1 aromatic heterocycles. The third-order valence-electron chi connectivity index (χ3n) is 3.62. The molecule has 0 saturated heterocycles. The Balaban J connectivity index is 1.83. The van der Waals surface area contributed by atoms with Crippen LogP contribution in [0.15, 0.2) is 65.4 Å². The van der Waals surface area contributed by atoms with Crippen LogP contribution in [-0.4, -0.2) is 22.8 Å². The van der Waals surface area contributed by atoms with Gasteiger partial charge in [-0.25, -0.2) is 0 Å². The van der Waals surface area contributed by atoms with Crippen molar-refractivity contribution >= 4 is 17.5 Å². The molecule has 6 heteroatoms. The first-order valence-electron chi connectivity index (χ1n) is 7.36. The fraction of sp³-hybridized carbons (Fsp3) is 0.111. The van der Waals surface area contributed by atoms with Crippen molar-refractivity contribution < 1.29 is 14.4 Å². The zero-order valence-corrected chi connectivity index (χ0v) is 13.4. The Hall–Kier alpha value is -2.63. The lowest BCUT2D eigenvalue weighted by atomic mass is 10.1. The van der Waals surface area contributed by atoms with Gasteiger partial charge in [0.05, 0.1) is 12.6 Å². The van der Waals surface area contributed by atoms with Crippen molar-refractivity contribution in [2.45, 2.75) is 6.04 Å². The first kappa shape index (κ1) is 16.2. The van der Waals surface area contributed by atoms with Gasteiger partial charge in [-0.3, -0.25) is 4.79 Å². The van der Waals surface area contributed by atoms with Gasteiger partial charge in [-0.15, -0.1) is 0 Å². The van der Waals surface area contributed by atoms with E-state index in [9.17, 15) is 9.90 Å². The quantitative estimate of drug-likeness (QED) is 0.744. The first-order valence-corrected chi connectivity index (χ1v) is 7.74. The average molecular weight is 343 g/mol. The highest BCUT2D eigenvalue weighted by Gasteiger charge is 2.21. The molecule has 0 aliphatic rings. The van der Waals surface area contributed by atoms with E-state index in [1.807, 2.05) is 30.3 Å². The number of hydrogen-bond donors (Lipinski definition) is 2. The maximum Gasteiger partial charge on any atom is 0.257 e. The van der Waals surface area contributed by atoms with Crippen molar-refractivity contribution in [3.05, 3.63) is 77.0 Å². The van der Waals surface area contributed by atoms with E-state index in [4.69, 9.17) is 16.1 Å². The summed E-state index contributed by atoms with van der Waals surface area (Å²) >= 11 is 5.88. The van der Waals surface area contributed by atoms with E-state index in [0.29, 0.717) is 16.3 Å². The lowest BCUT2D eigenvalue weighted by Crippen LogP contribution is -2.30. The van der Waals surface area contributed by atoms with Crippen LogP contribution in [0.4, 0.5) is 0 Å². The third kappa shape index (κ3) is 3.48. The second kappa shape index (κ2) is 7.29. The highest BCUT2D eigenvalue weighted by atomic mass is 35.5. The van der Waals surface area contributed by atoms with Crippen molar-refractivity contribution in [2.75, 3.05) is 6.61 Å². The molecule has 0 bridgehead atoms. The lowest BCUT2D eigenvalue weighted by molar-refractivity contribution is 0.0916. The number of aliphatic hydroxyl groups excluding tert-OH is 1. The van der Waals surface area contributed by atoms with Crippen LogP contribution >= 0.6 is 11.6 Å². The van der Waals surface area contributed by atoms with Crippen molar-refractivity contribution in [2.24, 2.45) is 0 Å². The molecular formula is C18H15ClN2O3. The smallest absolute Gasteiger partial charge is 0.257 e. The number of hydrogen-bond acceptors (Lipinski definition) is 4. The summed E-state index contributed by atoms with van der Waals surface area (Å²) in [5.41, 5.74) is 2.26. The molecule has 0 spiro atoms. The van der Waals surface area contributed by atoms with E-state index in [1.54, 1.807) is 24.3 Å². The Bertz CT molecular complexity index is 816. The van der Waals surface area contributed by atoms with Gasteiger partial charge in [-0.05, 0) is 17.7 Å². The summed E-state index contributed by atoms with van der Waals surface area (Å²) in [5.74, 6) is -0.371. The Morgan fingerprint density at radius 2 is 1.88 bits per heavy atom. The first-order chi connectivity index (χ1) is 11.7. The third-order valence-corrected chi connectivity index (χ3v) is 3.87. The van der Waals surface area contributed by atoms with E-state index >= 15 is 0 Å². The molecule has 5 nitrogen and oxygen atoms in total. The monoisotopic (exact) mass is 342 g/mol. The number of carbonyl (C=O) groups excluding carboxylic acids is 1. The summed E-state index contributed by atoms with van der Waals surface area (Å²) in [7, 11) is 0. The molecule has 3 rings (SSSR count). The van der Waals surface area contributed by atoms with E-state index in [0.717, 1.165) is 11.1 Å². The highest BCUT2D eigenvalue weighted by Crippen LogP contribution is 2.24. The van der Waals surface area contributed by atoms with Crippen LogP contribution in [0.2, 0.25) is 5.02 Å². The predicted octanol–water partition coefficient (Wildman–Crippen LogP) is 3.46. The number of halogens is 1. The lowest BCUT2D eigenvalue weighted by Gasteiger charge is -2.16. The van der Waals surface area contributed by atoms with Crippen LogP contribution in [0.1, 0.15) is 22.0 Å². The molecule has 122 valence electrons. The minimum Gasteiger partial charge on any atom is -0.394 e. The minimum atomic E-state index is -0.508. The summed E-state index contributed by atoms with van der Waals surface area (Å²) in [6.45, 7) is -0.211. The van der Waals surface area contributed by atoms with Gasteiger partial charge in [0.1, 0.15) is 17.5 Å². The van der Waals surface area contributed by atoms with Crippen LogP contribution in [-0.2, 0) is 0 Å². The summed E-state index contributed by atoms with van der Waals surface area (Å²) < 4.78 is 4.97. The van der Waals surface area contributed by atoms with Gasteiger partial charge in [0, 0.05) is 10.6 Å². The molecule has 0 fully saturated rings. The van der Waals surface area contributed by atoms with Crippen LogP contribution in [0.3, 0.4) is 0 Å². The van der Waals surface area contributed by atoms with E-state index in [2.05, 4.69) is 10.5 Å². The van der Waals surface area contributed by atoms with Crippen molar-refractivity contribution in [1.29, 1.82) is 0 Å². The topological polar surface area (TPSA) is 75.4 Å². The van der Waals surface area contributed by atoms with Gasteiger partial charge in [-0.2, -0.15) is 0 Å². The Kier molecular flexibility index (Phi) is 4.93. The Morgan fingerprint density at radius 1 is 1.17 bits per heavy atom. The molecule has 0 unspecified atom stereocenters.